The maximum atomic E-state index is 5.45. The third kappa shape index (κ3) is 5.80. The average Bonchev–Trinajstić information content (AvgIpc) is 2.67. The maximum Gasteiger partial charge on any atom is 0.191 e. The molecule has 0 spiro atoms. The molecule has 0 aromatic heterocycles. The van der Waals surface area contributed by atoms with Crippen molar-refractivity contribution in [2.45, 2.75) is 45.2 Å². The number of methoxy groups -OCH3 is 2. The molecule has 1 aromatic rings. The minimum absolute atomic E-state index is 0.488. The number of guanidine groups is 1. The number of ether oxygens (including phenoxy) is 2. The Morgan fingerprint density at radius 3 is 2.54 bits per heavy atom. The fraction of sp³-hybridized carbons (Fsp3) is 0.650. The highest BCUT2D eigenvalue weighted by Crippen LogP contribution is 2.24. The van der Waals surface area contributed by atoms with E-state index < -0.39 is 0 Å². The van der Waals surface area contributed by atoms with Crippen LogP contribution in [0.1, 0.15) is 32.3 Å². The number of rotatable bonds is 7. The minimum atomic E-state index is 0.488. The number of nitrogens with zero attached hydrogens (tertiary/aromatic N) is 2. The quantitative estimate of drug-likeness (QED) is 0.576. The lowest BCUT2D eigenvalue weighted by Crippen LogP contribution is -2.50. The van der Waals surface area contributed by atoms with E-state index in [0.717, 1.165) is 61.9 Å². The van der Waals surface area contributed by atoms with Gasteiger partial charge < -0.3 is 25.0 Å². The molecule has 0 amide bonds. The molecule has 1 fully saturated rings. The van der Waals surface area contributed by atoms with Crippen molar-refractivity contribution in [1.29, 1.82) is 0 Å². The predicted octanol–water partition coefficient (Wildman–Crippen LogP) is 2.28. The molecule has 6 nitrogen and oxygen atoms in total. The zero-order chi connectivity index (χ0) is 18.9. The zero-order valence-electron chi connectivity index (χ0n) is 16.8. The van der Waals surface area contributed by atoms with Gasteiger partial charge in [-0.25, -0.2) is 0 Å². The molecular weight excluding hydrogens is 328 g/mol. The van der Waals surface area contributed by atoms with Gasteiger partial charge in [0.15, 0.2) is 5.96 Å². The van der Waals surface area contributed by atoms with Crippen LogP contribution in [0.3, 0.4) is 0 Å². The lowest BCUT2D eigenvalue weighted by atomic mass is 10.0. The van der Waals surface area contributed by atoms with Crippen LogP contribution in [0.25, 0.3) is 0 Å². The van der Waals surface area contributed by atoms with Crippen LogP contribution < -0.4 is 20.1 Å². The van der Waals surface area contributed by atoms with Crippen LogP contribution in [0.15, 0.2) is 23.2 Å². The van der Waals surface area contributed by atoms with Crippen molar-refractivity contribution in [3.8, 4) is 11.5 Å². The van der Waals surface area contributed by atoms with Gasteiger partial charge in [0.2, 0.25) is 0 Å². The molecule has 0 unspecified atom stereocenters. The molecule has 6 heteroatoms. The van der Waals surface area contributed by atoms with Crippen LogP contribution in [0.2, 0.25) is 0 Å². The molecule has 1 aliphatic heterocycles. The number of likely N-dealkylation sites (tertiary alicyclic amines) is 1. The van der Waals surface area contributed by atoms with E-state index in [4.69, 9.17) is 9.47 Å². The molecule has 1 heterocycles. The Kier molecular flexibility index (Phi) is 8.04. The first kappa shape index (κ1) is 20.4. The van der Waals surface area contributed by atoms with Crippen LogP contribution in [0.5, 0.6) is 11.5 Å². The van der Waals surface area contributed by atoms with Gasteiger partial charge >= 0.3 is 0 Å². The van der Waals surface area contributed by atoms with Gasteiger partial charge in [0.05, 0.1) is 14.2 Å². The van der Waals surface area contributed by atoms with Gasteiger partial charge in [-0.3, -0.25) is 4.99 Å². The van der Waals surface area contributed by atoms with Gasteiger partial charge in [-0.1, -0.05) is 0 Å². The summed E-state index contributed by atoms with van der Waals surface area (Å²) in [5.74, 6) is 2.60. The zero-order valence-corrected chi connectivity index (χ0v) is 16.8. The van der Waals surface area contributed by atoms with Crippen LogP contribution in [0, 0.1) is 0 Å². The van der Waals surface area contributed by atoms with E-state index in [-0.39, 0.29) is 0 Å². The minimum Gasteiger partial charge on any atom is -0.497 e. The Morgan fingerprint density at radius 2 is 1.96 bits per heavy atom. The SMILES string of the molecule is CN=C(NCCc1cc(OC)ccc1OC)NC1CCN(C(C)C)CC1. The fourth-order valence-electron chi connectivity index (χ4n) is 3.34. The van der Waals surface area contributed by atoms with Crippen molar-refractivity contribution in [2.24, 2.45) is 4.99 Å². The topological polar surface area (TPSA) is 58.1 Å². The van der Waals surface area contributed by atoms with E-state index in [1.165, 1.54) is 0 Å². The molecule has 1 aliphatic rings. The van der Waals surface area contributed by atoms with E-state index in [0.29, 0.717) is 12.1 Å². The molecule has 0 saturated carbocycles. The van der Waals surface area contributed by atoms with Crippen LogP contribution >= 0.6 is 0 Å². The van der Waals surface area contributed by atoms with Crippen molar-refractivity contribution in [2.75, 3.05) is 40.9 Å². The number of hydrogen-bond acceptors (Lipinski definition) is 4. The van der Waals surface area contributed by atoms with E-state index >= 15 is 0 Å². The Bertz CT molecular complexity index is 581. The van der Waals surface area contributed by atoms with Gasteiger partial charge in [0.25, 0.3) is 0 Å². The summed E-state index contributed by atoms with van der Waals surface area (Å²) in [5, 5.41) is 6.98. The number of aliphatic imine (C=N–C) groups is 1. The standard InChI is InChI=1S/C20H34N4O2/c1-15(2)24-12-9-17(10-13-24)23-20(21-3)22-11-8-16-14-18(25-4)6-7-19(16)26-5/h6-7,14-15,17H,8-13H2,1-5H3,(H2,21,22,23). The Hall–Kier alpha value is -1.95. The smallest absolute Gasteiger partial charge is 0.191 e. The first-order valence-electron chi connectivity index (χ1n) is 9.49. The van der Waals surface area contributed by atoms with Crippen LogP contribution in [-0.4, -0.2) is 63.8 Å². The lowest BCUT2D eigenvalue weighted by Gasteiger charge is -2.35. The van der Waals surface area contributed by atoms with Gasteiger partial charge in [-0.15, -0.1) is 0 Å². The summed E-state index contributed by atoms with van der Waals surface area (Å²) in [6, 6.07) is 7.01. The summed E-state index contributed by atoms with van der Waals surface area (Å²) in [7, 11) is 5.20. The summed E-state index contributed by atoms with van der Waals surface area (Å²) >= 11 is 0. The van der Waals surface area contributed by atoms with Crippen molar-refractivity contribution in [1.82, 2.24) is 15.5 Å². The summed E-state index contributed by atoms with van der Waals surface area (Å²) in [6.07, 6.45) is 3.15. The second-order valence-corrected chi connectivity index (χ2v) is 6.98. The van der Waals surface area contributed by atoms with Crippen LogP contribution in [-0.2, 0) is 6.42 Å². The second kappa shape index (κ2) is 10.3. The molecular formula is C20H34N4O2. The maximum absolute atomic E-state index is 5.45. The highest BCUT2D eigenvalue weighted by Gasteiger charge is 2.21. The fourth-order valence-corrected chi connectivity index (χ4v) is 3.34. The third-order valence-electron chi connectivity index (χ3n) is 5.00. The molecule has 0 aliphatic carbocycles. The van der Waals surface area contributed by atoms with E-state index in [9.17, 15) is 0 Å². The van der Waals surface area contributed by atoms with Crippen molar-refractivity contribution in [3.05, 3.63) is 23.8 Å². The molecule has 0 bridgehead atoms. The van der Waals surface area contributed by atoms with Crippen molar-refractivity contribution in [3.63, 3.8) is 0 Å². The van der Waals surface area contributed by atoms with E-state index in [1.54, 1.807) is 14.2 Å². The first-order valence-corrected chi connectivity index (χ1v) is 9.49. The van der Waals surface area contributed by atoms with Crippen molar-refractivity contribution < 1.29 is 9.47 Å². The summed E-state index contributed by atoms with van der Waals surface area (Å²) in [4.78, 5) is 6.90. The number of hydrogen-bond donors (Lipinski definition) is 2. The molecule has 0 radical (unpaired) electrons. The van der Waals surface area contributed by atoms with E-state index in [1.807, 2.05) is 25.2 Å². The van der Waals surface area contributed by atoms with Gasteiger partial charge in [0.1, 0.15) is 11.5 Å². The van der Waals surface area contributed by atoms with E-state index in [2.05, 4.69) is 34.4 Å². The molecule has 1 saturated heterocycles. The first-order chi connectivity index (χ1) is 12.6. The number of nitrogens with one attached hydrogen (secondary N) is 2. The summed E-state index contributed by atoms with van der Waals surface area (Å²) < 4.78 is 10.8. The van der Waals surface area contributed by atoms with Gasteiger partial charge in [-0.05, 0) is 56.9 Å². The molecule has 0 atom stereocenters. The largest absolute Gasteiger partial charge is 0.497 e. The Morgan fingerprint density at radius 1 is 1.23 bits per heavy atom. The molecule has 1 aromatic carbocycles. The monoisotopic (exact) mass is 362 g/mol. The normalized spacial score (nSPS) is 16.6. The van der Waals surface area contributed by atoms with Crippen molar-refractivity contribution >= 4 is 5.96 Å². The second-order valence-electron chi connectivity index (χ2n) is 6.98. The average molecular weight is 363 g/mol. The van der Waals surface area contributed by atoms with Gasteiger partial charge in [0, 0.05) is 38.8 Å². The molecule has 146 valence electrons. The highest BCUT2D eigenvalue weighted by atomic mass is 16.5. The lowest BCUT2D eigenvalue weighted by molar-refractivity contribution is 0.167. The molecule has 26 heavy (non-hydrogen) atoms. The number of piperidine rings is 1. The molecule has 2 N–H and O–H groups in total. The van der Waals surface area contributed by atoms with Gasteiger partial charge in [-0.2, -0.15) is 0 Å². The number of benzene rings is 1. The summed E-state index contributed by atoms with van der Waals surface area (Å²) in [5.41, 5.74) is 1.13. The predicted molar refractivity (Wildman–Crippen MR) is 107 cm³/mol. The Labute approximate surface area is 158 Å². The highest BCUT2D eigenvalue weighted by molar-refractivity contribution is 5.80. The third-order valence-corrected chi connectivity index (χ3v) is 5.00. The van der Waals surface area contributed by atoms with Crippen LogP contribution in [0.4, 0.5) is 0 Å². The summed E-state index contributed by atoms with van der Waals surface area (Å²) in [6.45, 7) is 7.61. The Balaban J connectivity index is 1.81. The molecule has 2 rings (SSSR count).